The molecule has 0 aliphatic heterocycles. The van der Waals surface area contributed by atoms with Crippen molar-refractivity contribution in [3.8, 4) is 0 Å². The normalized spacial score (nSPS) is 13.8. The Bertz CT molecular complexity index is 295. The Morgan fingerprint density at radius 1 is 1.27 bits per heavy atom. The smallest absolute Gasteiger partial charge is 0.0945 e. The second-order valence-electron chi connectivity index (χ2n) is 4.20. The number of aromatic nitrogens is 2. The maximum atomic E-state index is 10.2. The molecule has 0 aliphatic carbocycles. The molecule has 0 fully saturated rings. The Hall–Kier alpha value is -0.480. The van der Waals surface area contributed by atoms with Gasteiger partial charge < -0.3 is 5.11 Å². The van der Waals surface area contributed by atoms with Crippen molar-refractivity contribution in [1.82, 2.24) is 9.59 Å². The molecule has 4 heteroatoms. The van der Waals surface area contributed by atoms with Gasteiger partial charge in [-0.05, 0) is 23.4 Å². The molecule has 0 spiro atoms. The lowest BCUT2D eigenvalue weighted by molar-refractivity contribution is 0.105. The summed E-state index contributed by atoms with van der Waals surface area (Å²) < 4.78 is 3.95. The largest absolute Gasteiger partial charge is 0.387 e. The van der Waals surface area contributed by atoms with Crippen LogP contribution in [0.1, 0.15) is 63.1 Å². The monoisotopic (exact) mass is 228 g/mol. The molecule has 1 aromatic rings. The second kappa shape index (κ2) is 5.56. The molecule has 0 bridgehead atoms. The maximum absolute atomic E-state index is 10.2. The Kier molecular flexibility index (Phi) is 4.67. The molecule has 0 amide bonds. The SMILES string of the molecule is CCC(CC)C(O)c1snnc1C(C)C. The van der Waals surface area contributed by atoms with Crippen LogP contribution < -0.4 is 0 Å². The van der Waals surface area contributed by atoms with Gasteiger partial charge in [-0.15, -0.1) is 5.10 Å². The van der Waals surface area contributed by atoms with E-state index in [9.17, 15) is 5.11 Å². The molecule has 1 rings (SSSR count). The quantitative estimate of drug-likeness (QED) is 0.842. The molecule has 86 valence electrons. The number of nitrogens with zero attached hydrogens (tertiary/aromatic N) is 2. The fourth-order valence-electron chi connectivity index (χ4n) is 1.76. The Morgan fingerprint density at radius 3 is 2.33 bits per heavy atom. The molecular weight excluding hydrogens is 208 g/mol. The topological polar surface area (TPSA) is 46.0 Å². The first-order valence-electron chi connectivity index (χ1n) is 5.61. The van der Waals surface area contributed by atoms with Crippen molar-refractivity contribution in [2.24, 2.45) is 5.92 Å². The predicted molar refractivity (Wildman–Crippen MR) is 63.0 cm³/mol. The summed E-state index contributed by atoms with van der Waals surface area (Å²) in [5.74, 6) is 0.660. The molecule has 1 N–H and O–H groups in total. The summed E-state index contributed by atoms with van der Waals surface area (Å²) in [6.45, 7) is 8.39. The van der Waals surface area contributed by atoms with Crippen molar-refractivity contribution in [3.05, 3.63) is 10.6 Å². The van der Waals surface area contributed by atoms with Crippen LogP contribution in [-0.4, -0.2) is 14.7 Å². The van der Waals surface area contributed by atoms with Gasteiger partial charge >= 0.3 is 0 Å². The van der Waals surface area contributed by atoms with Gasteiger partial charge in [0.25, 0.3) is 0 Å². The van der Waals surface area contributed by atoms with Gasteiger partial charge in [0.2, 0.25) is 0 Å². The molecule has 0 saturated carbocycles. The first kappa shape index (κ1) is 12.6. The van der Waals surface area contributed by atoms with Crippen LogP contribution in [0.3, 0.4) is 0 Å². The number of aliphatic hydroxyl groups excluding tert-OH is 1. The van der Waals surface area contributed by atoms with E-state index in [1.807, 2.05) is 0 Å². The summed E-state index contributed by atoms with van der Waals surface area (Å²) in [7, 11) is 0. The molecule has 1 aromatic heterocycles. The first-order valence-corrected chi connectivity index (χ1v) is 6.39. The lowest BCUT2D eigenvalue weighted by Crippen LogP contribution is -2.11. The van der Waals surface area contributed by atoms with Gasteiger partial charge in [0.05, 0.1) is 16.7 Å². The third-order valence-corrected chi connectivity index (χ3v) is 3.66. The van der Waals surface area contributed by atoms with Crippen molar-refractivity contribution in [3.63, 3.8) is 0 Å². The van der Waals surface area contributed by atoms with Crippen molar-refractivity contribution in [1.29, 1.82) is 0 Å². The third kappa shape index (κ3) is 2.75. The molecule has 0 aromatic carbocycles. The maximum Gasteiger partial charge on any atom is 0.0945 e. The zero-order chi connectivity index (χ0) is 11.4. The summed E-state index contributed by atoms with van der Waals surface area (Å²) in [6, 6.07) is 0. The minimum absolute atomic E-state index is 0.324. The van der Waals surface area contributed by atoms with Crippen LogP contribution >= 0.6 is 11.5 Å². The molecule has 0 saturated heterocycles. The predicted octanol–water partition coefficient (Wildman–Crippen LogP) is 3.13. The Balaban J connectivity index is 2.89. The number of hydrogen-bond donors (Lipinski definition) is 1. The van der Waals surface area contributed by atoms with E-state index in [4.69, 9.17) is 0 Å². The van der Waals surface area contributed by atoms with Gasteiger partial charge in [-0.1, -0.05) is 45.0 Å². The first-order chi connectivity index (χ1) is 7.11. The highest BCUT2D eigenvalue weighted by atomic mass is 32.1. The number of hydrogen-bond acceptors (Lipinski definition) is 4. The van der Waals surface area contributed by atoms with E-state index < -0.39 is 6.10 Å². The van der Waals surface area contributed by atoms with Crippen molar-refractivity contribution < 1.29 is 5.11 Å². The van der Waals surface area contributed by atoms with E-state index in [2.05, 4.69) is 37.3 Å². The van der Waals surface area contributed by atoms with Crippen LogP contribution in [0.2, 0.25) is 0 Å². The highest BCUT2D eigenvalue weighted by Crippen LogP contribution is 2.33. The molecule has 0 radical (unpaired) electrons. The van der Waals surface area contributed by atoms with Crippen molar-refractivity contribution in [2.45, 2.75) is 52.6 Å². The lowest BCUT2D eigenvalue weighted by Gasteiger charge is -2.19. The van der Waals surface area contributed by atoms with E-state index >= 15 is 0 Å². The molecule has 1 atom stereocenters. The van der Waals surface area contributed by atoms with Crippen molar-refractivity contribution >= 4 is 11.5 Å². The molecule has 1 unspecified atom stereocenters. The summed E-state index contributed by atoms with van der Waals surface area (Å²) >= 11 is 1.33. The molecule has 0 aliphatic rings. The third-order valence-electron chi connectivity index (χ3n) is 2.85. The van der Waals surface area contributed by atoms with Gasteiger partial charge in [-0.3, -0.25) is 0 Å². The van der Waals surface area contributed by atoms with Gasteiger partial charge in [0.15, 0.2) is 0 Å². The summed E-state index contributed by atoms with van der Waals surface area (Å²) in [6.07, 6.45) is 1.60. The van der Waals surface area contributed by atoms with Crippen LogP contribution in [0, 0.1) is 5.92 Å². The van der Waals surface area contributed by atoms with E-state index in [-0.39, 0.29) is 0 Å². The minimum atomic E-state index is -0.391. The van der Waals surface area contributed by atoms with Gasteiger partial charge in [0.1, 0.15) is 0 Å². The molecular formula is C11H20N2OS. The fourth-order valence-corrected chi connectivity index (χ4v) is 2.65. The Morgan fingerprint density at radius 2 is 1.87 bits per heavy atom. The van der Waals surface area contributed by atoms with Crippen LogP contribution in [0.25, 0.3) is 0 Å². The van der Waals surface area contributed by atoms with Crippen LogP contribution in [-0.2, 0) is 0 Å². The van der Waals surface area contributed by atoms with Gasteiger partial charge in [-0.25, -0.2) is 0 Å². The standard InChI is InChI=1S/C11H20N2OS/c1-5-8(6-2)10(14)11-9(7(3)4)12-13-15-11/h7-8,10,14H,5-6H2,1-4H3. The van der Waals surface area contributed by atoms with E-state index in [0.717, 1.165) is 23.4 Å². The summed E-state index contributed by atoms with van der Waals surface area (Å²) in [4.78, 5) is 0.957. The van der Waals surface area contributed by atoms with E-state index in [0.29, 0.717) is 11.8 Å². The minimum Gasteiger partial charge on any atom is -0.387 e. The average molecular weight is 228 g/mol. The molecule has 15 heavy (non-hydrogen) atoms. The highest BCUT2D eigenvalue weighted by Gasteiger charge is 2.24. The molecule has 1 heterocycles. The van der Waals surface area contributed by atoms with E-state index in [1.165, 1.54) is 11.5 Å². The summed E-state index contributed by atoms with van der Waals surface area (Å²) in [5.41, 5.74) is 0.958. The van der Waals surface area contributed by atoms with Crippen LogP contribution in [0.5, 0.6) is 0 Å². The van der Waals surface area contributed by atoms with Gasteiger partial charge in [0, 0.05) is 0 Å². The average Bonchev–Trinajstić information content (AvgIpc) is 2.67. The lowest BCUT2D eigenvalue weighted by atomic mass is 9.93. The second-order valence-corrected chi connectivity index (χ2v) is 4.98. The Labute approximate surface area is 95.7 Å². The fraction of sp³-hybridized carbons (Fsp3) is 0.818. The highest BCUT2D eigenvalue weighted by molar-refractivity contribution is 7.05. The number of rotatable bonds is 5. The van der Waals surface area contributed by atoms with Crippen LogP contribution in [0.15, 0.2) is 0 Å². The van der Waals surface area contributed by atoms with Crippen LogP contribution in [0.4, 0.5) is 0 Å². The zero-order valence-electron chi connectivity index (χ0n) is 9.90. The van der Waals surface area contributed by atoms with Gasteiger partial charge in [-0.2, -0.15) is 0 Å². The molecule has 3 nitrogen and oxygen atoms in total. The summed E-state index contributed by atoms with van der Waals surface area (Å²) in [5, 5.41) is 14.3. The van der Waals surface area contributed by atoms with E-state index in [1.54, 1.807) is 0 Å². The number of aliphatic hydroxyl groups is 1. The van der Waals surface area contributed by atoms with Crippen molar-refractivity contribution in [2.75, 3.05) is 0 Å². The zero-order valence-corrected chi connectivity index (χ0v) is 10.7.